The molecule has 138 valence electrons. The molecular formula is C17H19ClN4O4. The van der Waals surface area contributed by atoms with Gasteiger partial charge in [0.05, 0.1) is 18.0 Å². The molecule has 0 aliphatic carbocycles. The number of urea groups is 1. The van der Waals surface area contributed by atoms with E-state index in [1.165, 1.54) is 0 Å². The monoisotopic (exact) mass is 378 g/mol. The maximum atomic E-state index is 12.1. The number of furan rings is 1. The van der Waals surface area contributed by atoms with Crippen LogP contribution in [-0.4, -0.2) is 17.8 Å². The number of rotatable bonds is 5. The topological polar surface area (TPSA) is 126 Å². The summed E-state index contributed by atoms with van der Waals surface area (Å²) in [5.74, 6) is 0.0274. The summed E-state index contributed by atoms with van der Waals surface area (Å²) in [5.41, 5.74) is 10.8. The SMILES string of the molecule is Cc1cc(C(=O)NNC(=O)C[C@H](NC(N)=O)c2ccc(Cl)cc2)c(C)o1. The van der Waals surface area contributed by atoms with Gasteiger partial charge in [-0.2, -0.15) is 0 Å². The molecule has 0 fully saturated rings. The fourth-order valence-electron chi connectivity index (χ4n) is 2.41. The summed E-state index contributed by atoms with van der Waals surface area (Å²) in [6.45, 7) is 3.37. The van der Waals surface area contributed by atoms with Crippen LogP contribution in [0.3, 0.4) is 0 Å². The molecule has 26 heavy (non-hydrogen) atoms. The zero-order valence-corrected chi connectivity index (χ0v) is 15.0. The minimum absolute atomic E-state index is 0.131. The molecule has 0 spiro atoms. The predicted octanol–water partition coefficient (Wildman–Crippen LogP) is 2.11. The molecule has 2 aromatic rings. The van der Waals surface area contributed by atoms with Gasteiger partial charge in [0.1, 0.15) is 11.5 Å². The molecule has 5 N–H and O–H groups in total. The van der Waals surface area contributed by atoms with Crippen LogP contribution in [0, 0.1) is 13.8 Å². The third-order valence-electron chi connectivity index (χ3n) is 3.58. The number of nitrogens with one attached hydrogen (secondary N) is 3. The van der Waals surface area contributed by atoms with E-state index in [0.29, 0.717) is 27.7 Å². The average molecular weight is 379 g/mol. The summed E-state index contributed by atoms with van der Waals surface area (Å²) in [5, 5.41) is 3.01. The second-order valence-electron chi connectivity index (χ2n) is 5.65. The second kappa shape index (κ2) is 8.39. The molecule has 4 amide bonds. The van der Waals surface area contributed by atoms with Gasteiger partial charge < -0.3 is 15.5 Å². The molecule has 1 aromatic carbocycles. The van der Waals surface area contributed by atoms with Crippen LogP contribution in [0.1, 0.15) is 39.9 Å². The van der Waals surface area contributed by atoms with Gasteiger partial charge in [-0.15, -0.1) is 0 Å². The number of nitrogens with two attached hydrogens (primary N) is 1. The highest BCUT2D eigenvalue weighted by molar-refractivity contribution is 6.30. The lowest BCUT2D eigenvalue weighted by molar-refractivity contribution is -0.122. The Labute approximate surface area is 155 Å². The second-order valence-corrected chi connectivity index (χ2v) is 6.08. The van der Waals surface area contributed by atoms with Crippen LogP contribution < -0.4 is 21.9 Å². The lowest BCUT2D eigenvalue weighted by Crippen LogP contribution is -2.44. The zero-order valence-electron chi connectivity index (χ0n) is 14.3. The number of primary amides is 1. The average Bonchev–Trinajstić information content (AvgIpc) is 2.91. The molecule has 0 radical (unpaired) electrons. The number of hydrogen-bond acceptors (Lipinski definition) is 4. The highest BCUT2D eigenvalue weighted by atomic mass is 35.5. The van der Waals surface area contributed by atoms with Crippen LogP contribution in [-0.2, 0) is 4.79 Å². The van der Waals surface area contributed by atoms with Gasteiger partial charge in [-0.05, 0) is 37.6 Å². The molecule has 8 nitrogen and oxygen atoms in total. The van der Waals surface area contributed by atoms with E-state index >= 15 is 0 Å². The number of hydrogen-bond donors (Lipinski definition) is 4. The van der Waals surface area contributed by atoms with Crippen molar-refractivity contribution in [2.45, 2.75) is 26.3 Å². The van der Waals surface area contributed by atoms with Gasteiger partial charge in [0, 0.05) is 5.02 Å². The summed E-state index contributed by atoms with van der Waals surface area (Å²) >= 11 is 5.84. The van der Waals surface area contributed by atoms with Crippen LogP contribution in [0.15, 0.2) is 34.7 Å². The van der Waals surface area contributed by atoms with Crippen molar-refractivity contribution >= 4 is 29.4 Å². The third-order valence-corrected chi connectivity index (χ3v) is 3.83. The Morgan fingerprint density at radius 1 is 1.15 bits per heavy atom. The highest BCUT2D eigenvalue weighted by Crippen LogP contribution is 2.19. The highest BCUT2D eigenvalue weighted by Gasteiger charge is 2.19. The maximum Gasteiger partial charge on any atom is 0.312 e. The minimum Gasteiger partial charge on any atom is -0.466 e. The number of amides is 4. The summed E-state index contributed by atoms with van der Waals surface area (Å²) < 4.78 is 5.27. The molecular weight excluding hydrogens is 360 g/mol. The van der Waals surface area contributed by atoms with Crippen molar-refractivity contribution in [1.82, 2.24) is 16.2 Å². The Bertz CT molecular complexity index is 817. The maximum absolute atomic E-state index is 12.1. The Kier molecular flexibility index (Phi) is 6.24. The molecule has 1 aromatic heterocycles. The van der Waals surface area contributed by atoms with E-state index in [-0.39, 0.29) is 6.42 Å². The molecule has 1 heterocycles. The van der Waals surface area contributed by atoms with Crippen molar-refractivity contribution < 1.29 is 18.8 Å². The first kappa shape index (κ1) is 19.3. The van der Waals surface area contributed by atoms with Gasteiger partial charge in [-0.25, -0.2) is 4.79 Å². The number of halogens is 1. The Balaban J connectivity index is 1.98. The lowest BCUT2D eigenvalue weighted by atomic mass is 10.0. The van der Waals surface area contributed by atoms with E-state index in [9.17, 15) is 14.4 Å². The molecule has 0 aliphatic heterocycles. The van der Waals surface area contributed by atoms with E-state index in [4.69, 9.17) is 21.8 Å². The largest absolute Gasteiger partial charge is 0.466 e. The molecule has 0 aliphatic rings. The quantitative estimate of drug-likeness (QED) is 0.594. The number of benzene rings is 1. The molecule has 9 heteroatoms. The summed E-state index contributed by atoms with van der Waals surface area (Å²) in [6.07, 6.45) is -0.131. The van der Waals surface area contributed by atoms with Crippen molar-refractivity contribution in [3.05, 3.63) is 58.0 Å². The smallest absolute Gasteiger partial charge is 0.312 e. The summed E-state index contributed by atoms with van der Waals surface area (Å²) in [6, 6.07) is 6.75. The van der Waals surface area contributed by atoms with E-state index in [1.807, 2.05) is 0 Å². The molecule has 0 saturated heterocycles. The normalized spacial score (nSPS) is 11.5. The van der Waals surface area contributed by atoms with Crippen LogP contribution >= 0.6 is 11.6 Å². The van der Waals surface area contributed by atoms with Crippen molar-refractivity contribution in [3.8, 4) is 0 Å². The Morgan fingerprint density at radius 3 is 2.35 bits per heavy atom. The summed E-state index contributed by atoms with van der Waals surface area (Å²) in [4.78, 5) is 35.4. The van der Waals surface area contributed by atoms with Gasteiger partial charge in [0.25, 0.3) is 5.91 Å². The van der Waals surface area contributed by atoms with Crippen molar-refractivity contribution in [1.29, 1.82) is 0 Å². The van der Waals surface area contributed by atoms with Gasteiger partial charge in [0.2, 0.25) is 5.91 Å². The van der Waals surface area contributed by atoms with E-state index in [0.717, 1.165) is 0 Å². The number of hydrazine groups is 1. The third kappa shape index (κ3) is 5.25. The number of carbonyl (C=O) groups excluding carboxylic acids is 3. The molecule has 2 rings (SSSR count). The first-order chi connectivity index (χ1) is 12.3. The predicted molar refractivity (Wildman–Crippen MR) is 95.3 cm³/mol. The first-order valence-corrected chi connectivity index (χ1v) is 8.11. The summed E-state index contributed by atoms with van der Waals surface area (Å²) in [7, 11) is 0. The van der Waals surface area contributed by atoms with Crippen molar-refractivity contribution in [2.24, 2.45) is 5.73 Å². The number of carbonyl (C=O) groups is 3. The van der Waals surface area contributed by atoms with E-state index in [1.54, 1.807) is 44.2 Å². The molecule has 0 saturated carbocycles. The van der Waals surface area contributed by atoms with Gasteiger partial charge in [0.15, 0.2) is 0 Å². The van der Waals surface area contributed by atoms with E-state index in [2.05, 4.69) is 16.2 Å². The van der Waals surface area contributed by atoms with Crippen LogP contribution in [0.2, 0.25) is 5.02 Å². The molecule has 1 atom stereocenters. The zero-order chi connectivity index (χ0) is 19.3. The first-order valence-electron chi connectivity index (χ1n) is 7.74. The van der Waals surface area contributed by atoms with Crippen LogP contribution in [0.25, 0.3) is 0 Å². The van der Waals surface area contributed by atoms with Crippen LogP contribution in [0.4, 0.5) is 4.79 Å². The van der Waals surface area contributed by atoms with E-state index < -0.39 is 23.9 Å². The number of aryl methyl sites for hydroxylation is 2. The van der Waals surface area contributed by atoms with Crippen molar-refractivity contribution in [2.75, 3.05) is 0 Å². The fourth-order valence-corrected chi connectivity index (χ4v) is 2.53. The molecule has 0 bridgehead atoms. The standard InChI is InChI=1S/C17H19ClN4O4/c1-9-7-13(10(2)26-9)16(24)22-21-15(23)8-14(20-17(19)25)11-3-5-12(18)6-4-11/h3-7,14H,8H2,1-2H3,(H,21,23)(H,22,24)(H3,19,20,25)/t14-/m0/s1. The van der Waals surface area contributed by atoms with Gasteiger partial charge >= 0.3 is 6.03 Å². The van der Waals surface area contributed by atoms with Gasteiger partial charge in [-0.3, -0.25) is 20.4 Å². The fraction of sp³-hybridized carbons (Fsp3) is 0.235. The van der Waals surface area contributed by atoms with Crippen molar-refractivity contribution in [3.63, 3.8) is 0 Å². The Morgan fingerprint density at radius 2 is 1.81 bits per heavy atom. The minimum atomic E-state index is -0.772. The van der Waals surface area contributed by atoms with Gasteiger partial charge in [-0.1, -0.05) is 23.7 Å². The molecule has 0 unspecified atom stereocenters. The van der Waals surface area contributed by atoms with Crippen LogP contribution in [0.5, 0.6) is 0 Å². The Hall–Kier alpha value is -3.00. The lowest BCUT2D eigenvalue weighted by Gasteiger charge is -2.18.